The lowest BCUT2D eigenvalue weighted by molar-refractivity contribution is 0.415. The van der Waals surface area contributed by atoms with Crippen molar-refractivity contribution >= 4 is 11.4 Å². The molecule has 0 saturated heterocycles. The Balaban J connectivity index is 2.04. The number of ether oxygens (including phenoxy) is 1. The van der Waals surface area contributed by atoms with Gasteiger partial charge in [0.25, 0.3) is 0 Å². The first-order valence-electron chi connectivity index (χ1n) is 5.92. The van der Waals surface area contributed by atoms with E-state index in [0.29, 0.717) is 0 Å². The van der Waals surface area contributed by atoms with Crippen molar-refractivity contribution in [3.8, 4) is 5.75 Å². The monoisotopic (exact) mass is 242 g/mol. The van der Waals surface area contributed by atoms with Crippen molar-refractivity contribution in [2.75, 3.05) is 18.2 Å². The van der Waals surface area contributed by atoms with Crippen molar-refractivity contribution in [3.63, 3.8) is 0 Å². The molecule has 3 nitrogen and oxygen atoms in total. The van der Waals surface area contributed by atoms with Crippen LogP contribution in [0.5, 0.6) is 5.75 Å². The number of nitrogen functional groups attached to an aromatic ring is 1. The third-order valence-corrected chi connectivity index (χ3v) is 2.95. The molecule has 3 heteroatoms. The van der Waals surface area contributed by atoms with Crippen LogP contribution in [0.1, 0.15) is 11.1 Å². The molecule has 0 bridgehead atoms. The molecule has 0 aliphatic heterocycles. The van der Waals surface area contributed by atoms with E-state index in [0.717, 1.165) is 23.7 Å². The van der Waals surface area contributed by atoms with Crippen LogP contribution in [0.2, 0.25) is 0 Å². The Morgan fingerprint density at radius 1 is 1.11 bits per heavy atom. The summed E-state index contributed by atoms with van der Waals surface area (Å²) in [5, 5.41) is 3.37. The maximum absolute atomic E-state index is 5.79. The van der Waals surface area contributed by atoms with Gasteiger partial charge < -0.3 is 15.8 Å². The lowest BCUT2D eigenvalue weighted by Crippen LogP contribution is -2.02. The molecule has 94 valence electrons. The Morgan fingerprint density at radius 3 is 2.50 bits per heavy atom. The average Bonchev–Trinajstić information content (AvgIpc) is 2.40. The molecule has 0 spiro atoms. The number of hydrogen-bond acceptors (Lipinski definition) is 3. The minimum Gasteiger partial charge on any atom is -0.497 e. The summed E-state index contributed by atoms with van der Waals surface area (Å²) in [6.45, 7) is 2.85. The van der Waals surface area contributed by atoms with Crippen LogP contribution in [0.4, 0.5) is 11.4 Å². The largest absolute Gasteiger partial charge is 0.497 e. The number of hydrogen-bond donors (Lipinski definition) is 2. The van der Waals surface area contributed by atoms with E-state index in [1.165, 1.54) is 11.1 Å². The summed E-state index contributed by atoms with van der Waals surface area (Å²) < 4.78 is 5.12. The predicted octanol–water partition coefficient (Wildman–Crippen LogP) is 3.20. The number of anilines is 2. The summed E-state index contributed by atoms with van der Waals surface area (Å²) in [6.07, 6.45) is 0. The first-order valence-corrected chi connectivity index (χ1v) is 5.92. The van der Waals surface area contributed by atoms with Gasteiger partial charge in [0.1, 0.15) is 5.75 Å². The molecular formula is C15H18N2O. The lowest BCUT2D eigenvalue weighted by atomic mass is 10.1. The standard InChI is InChI=1S/C15H18N2O/c1-11-3-4-13(16)9-12(11)10-17-14-5-7-15(18-2)8-6-14/h3-9,17H,10,16H2,1-2H3. The third kappa shape index (κ3) is 2.94. The normalized spacial score (nSPS) is 10.1. The maximum Gasteiger partial charge on any atom is 0.119 e. The van der Waals surface area contributed by atoms with Crippen LogP contribution in [-0.2, 0) is 6.54 Å². The van der Waals surface area contributed by atoms with Crippen molar-refractivity contribution in [2.45, 2.75) is 13.5 Å². The van der Waals surface area contributed by atoms with Crippen LogP contribution in [-0.4, -0.2) is 7.11 Å². The Labute approximate surface area is 108 Å². The Kier molecular flexibility index (Phi) is 3.72. The number of nitrogens with one attached hydrogen (secondary N) is 1. The van der Waals surface area contributed by atoms with E-state index in [-0.39, 0.29) is 0 Å². The van der Waals surface area contributed by atoms with E-state index in [4.69, 9.17) is 10.5 Å². The second-order valence-electron chi connectivity index (χ2n) is 4.27. The third-order valence-electron chi connectivity index (χ3n) is 2.95. The van der Waals surface area contributed by atoms with Gasteiger partial charge in [0, 0.05) is 17.9 Å². The van der Waals surface area contributed by atoms with Crippen LogP contribution in [0.15, 0.2) is 42.5 Å². The van der Waals surface area contributed by atoms with Gasteiger partial charge >= 0.3 is 0 Å². The van der Waals surface area contributed by atoms with Gasteiger partial charge in [0.2, 0.25) is 0 Å². The number of nitrogens with two attached hydrogens (primary N) is 1. The molecule has 2 aromatic rings. The first kappa shape index (κ1) is 12.3. The maximum atomic E-state index is 5.79. The van der Waals surface area contributed by atoms with E-state index in [1.807, 2.05) is 42.5 Å². The van der Waals surface area contributed by atoms with Gasteiger partial charge in [0.15, 0.2) is 0 Å². The zero-order valence-electron chi connectivity index (χ0n) is 10.7. The fraction of sp³-hybridized carbons (Fsp3) is 0.200. The zero-order chi connectivity index (χ0) is 13.0. The number of aryl methyl sites for hydroxylation is 1. The van der Waals surface area contributed by atoms with E-state index < -0.39 is 0 Å². The summed E-state index contributed by atoms with van der Waals surface area (Å²) in [5.41, 5.74) is 10.1. The lowest BCUT2D eigenvalue weighted by Gasteiger charge is -2.10. The summed E-state index contributed by atoms with van der Waals surface area (Å²) >= 11 is 0. The van der Waals surface area contributed by atoms with Crippen LogP contribution in [0, 0.1) is 6.92 Å². The van der Waals surface area contributed by atoms with Gasteiger partial charge in [-0.25, -0.2) is 0 Å². The fourth-order valence-electron chi connectivity index (χ4n) is 1.79. The van der Waals surface area contributed by atoms with Gasteiger partial charge in [-0.3, -0.25) is 0 Å². The van der Waals surface area contributed by atoms with E-state index in [2.05, 4.69) is 12.2 Å². The molecule has 18 heavy (non-hydrogen) atoms. The van der Waals surface area contributed by atoms with Crippen LogP contribution < -0.4 is 15.8 Å². The fourth-order valence-corrected chi connectivity index (χ4v) is 1.79. The van der Waals surface area contributed by atoms with Crippen molar-refractivity contribution in [2.24, 2.45) is 0 Å². The molecule has 0 aromatic heterocycles. The van der Waals surface area contributed by atoms with Gasteiger partial charge in [-0.15, -0.1) is 0 Å². The molecule has 0 fully saturated rings. The van der Waals surface area contributed by atoms with Crippen molar-refractivity contribution in [1.29, 1.82) is 0 Å². The highest BCUT2D eigenvalue weighted by molar-refractivity contribution is 5.49. The minimum absolute atomic E-state index is 0.767. The second kappa shape index (κ2) is 5.45. The molecule has 0 heterocycles. The Bertz CT molecular complexity index is 521. The molecule has 2 rings (SSSR count). The molecule has 0 aliphatic carbocycles. The zero-order valence-corrected chi connectivity index (χ0v) is 10.7. The first-order chi connectivity index (χ1) is 8.69. The van der Waals surface area contributed by atoms with Crippen molar-refractivity contribution in [3.05, 3.63) is 53.6 Å². The van der Waals surface area contributed by atoms with Gasteiger partial charge in [-0.1, -0.05) is 6.07 Å². The number of rotatable bonds is 4. The Morgan fingerprint density at radius 2 is 1.83 bits per heavy atom. The second-order valence-corrected chi connectivity index (χ2v) is 4.27. The van der Waals surface area contributed by atoms with E-state index >= 15 is 0 Å². The van der Waals surface area contributed by atoms with Crippen molar-refractivity contribution in [1.82, 2.24) is 0 Å². The summed E-state index contributed by atoms with van der Waals surface area (Å²) in [7, 11) is 1.67. The van der Waals surface area contributed by atoms with Gasteiger partial charge in [-0.2, -0.15) is 0 Å². The molecule has 0 aliphatic rings. The topological polar surface area (TPSA) is 47.3 Å². The molecule has 0 saturated carbocycles. The predicted molar refractivity (Wildman–Crippen MR) is 75.9 cm³/mol. The highest BCUT2D eigenvalue weighted by atomic mass is 16.5. The van der Waals surface area contributed by atoms with Crippen molar-refractivity contribution < 1.29 is 4.74 Å². The molecule has 3 N–H and O–H groups in total. The summed E-state index contributed by atoms with van der Waals surface area (Å²) in [4.78, 5) is 0. The molecular weight excluding hydrogens is 224 g/mol. The Hall–Kier alpha value is -2.16. The molecule has 2 aromatic carbocycles. The van der Waals surface area contributed by atoms with E-state index in [1.54, 1.807) is 7.11 Å². The number of methoxy groups -OCH3 is 1. The van der Waals surface area contributed by atoms with Crippen LogP contribution >= 0.6 is 0 Å². The molecule has 0 amide bonds. The minimum atomic E-state index is 0.767. The average molecular weight is 242 g/mol. The van der Waals surface area contributed by atoms with Gasteiger partial charge in [0.05, 0.1) is 7.11 Å². The smallest absolute Gasteiger partial charge is 0.119 e. The SMILES string of the molecule is COc1ccc(NCc2cc(N)ccc2C)cc1. The highest BCUT2D eigenvalue weighted by Crippen LogP contribution is 2.18. The quantitative estimate of drug-likeness (QED) is 0.809. The summed E-state index contributed by atoms with van der Waals surface area (Å²) in [6, 6.07) is 13.8. The van der Waals surface area contributed by atoms with E-state index in [9.17, 15) is 0 Å². The van der Waals surface area contributed by atoms with Crippen LogP contribution in [0.25, 0.3) is 0 Å². The molecule has 0 unspecified atom stereocenters. The molecule has 0 atom stereocenters. The number of benzene rings is 2. The summed E-state index contributed by atoms with van der Waals surface area (Å²) in [5.74, 6) is 0.862. The highest BCUT2D eigenvalue weighted by Gasteiger charge is 1.99. The van der Waals surface area contributed by atoms with Crippen LogP contribution in [0.3, 0.4) is 0 Å². The molecule has 0 radical (unpaired) electrons. The van der Waals surface area contributed by atoms with Gasteiger partial charge in [-0.05, 0) is 54.4 Å².